The number of ether oxygens (including phenoxy) is 1. The Balaban J connectivity index is 1.48. The van der Waals surface area contributed by atoms with E-state index in [0.29, 0.717) is 19.2 Å². The van der Waals surface area contributed by atoms with Crippen LogP contribution in [-0.4, -0.2) is 23.5 Å². The quantitative estimate of drug-likeness (QED) is 0.367. The molecule has 27 heavy (non-hydrogen) atoms. The highest BCUT2D eigenvalue weighted by Crippen LogP contribution is 2.31. The van der Waals surface area contributed by atoms with E-state index in [1.54, 1.807) is 12.1 Å². The van der Waals surface area contributed by atoms with Gasteiger partial charge in [0.1, 0.15) is 5.75 Å². The summed E-state index contributed by atoms with van der Waals surface area (Å²) in [5.41, 5.74) is 2.17. The first-order chi connectivity index (χ1) is 13.2. The van der Waals surface area contributed by atoms with Gasteiger partial charge in [0.05, 0.1) is 24.1 Å². The number of benzene rings is 2. The number of hydrogen-bond donors (Lipinski definition) is 2. The third-order valence-electron chi connectivity index (χ3n) is 4.75. The monoisotopic (exact) mass is 366 g/mol. The summed E-state index contributed by atoms with van der Waals surface area (Å²) in [4.78, 5) is 15.1. The zero-order valence-corrected chi connectivity index (χ0v) is 14.9. The first kappa shape index (κ1) is 17.3. The lowest BCUT2D eigenvalue weighted by molar-refractivity contribution is -0.384. The number of aliphatic imine (C=N–C) groups is 1. The van der Waals surface area contributed by atoms with E-state index in [0.717, 1.165) is 42.1 Å². The zero-order valence-electron chi connectivity index (χ0n) is 14.9. The number of nitro groups is 1. The van der Waals surface area contributed by atoms with Crippen LogP contribution in [0.5, 0.6) is 5.75 Å². The molecule has 1 aliphatic carbocycles. The molecule has 1 atom stereocenters. The molecule has 2 aliphatic rings. The van der Waals surface area contributed by atoms with Crippen molar-refractivity contribution < 1.29 is 9.66 Å². The number of non-ortho nitro benzene ring substituents is 1. The van der Waals surface area contributed by atoms with Gasteiger partial charge in [-0.15, -0.1) is 0 Å². The van der Waals surface area contributed by atoms with Crippen LogP contribution in [-0.2, 0) is 6.54 Å². The maximum atomic E-state index is 10.8. The molecule has 1 aliphatic heterocycles. The van der Waals surface area contributed by atoms with Crippen LogP contribution in [0.3, 0.4) is 0 Å². The summed E-state index contributed by atoms with van der Waals surface area (Å²) in [6, 6.07) is 15.2. The predicted molar refractivity (Wildman–Crippen MR) is 103 cm³/mol. The molecule has 0 radical (unpaired) electrons. The van der Waals surface area contributed by atoms with Crippen molar-refractivity contribution in [2.45, 2.75) is 37.9 Å². The lowest BCUT2D eigenvalue weighted by atomic mass is 10.0. The number of fused-ring (bicyclic) bond motifs is 1. The summed E-state index contributed by atoms with van der Waals surface area (Å²) in [6.45, 7) is 1.14. The smallest absolute Gasteiger partial charge is 0.269 e. The largest absolute Gasteiger partial charge is 0.493 e. The molecule has 4 rings (SSSR count). The summed E-state index contributed by atoms with van der Waals surface area (Å²) in [7, 11) is 0. The second kappa shape index (κ2) is 7.65. The van der Waals surface area contributed by atoms with Gasteiger partial charge < -0.3 is 15.4 Å². The summed E-state index contributed by atoms with van der Waals surface area (Å²) in [5, 5.41) is 17.8. The van der Waals surface area contributed by atoms with Crippen LogP contribution >= 0.6 is 0 Å². The van der Waals surface area contributed by atoms with Gasteiger partial charge >= 0.3 is 0 Å². The SMILES string of the molecule is O=[N+]([O-])c1ccc(CN=C(NC2CC2)NC2CCOc3ccccc32)cc1. The fraction of sp³-hybridized carbons (Fsp3) is 0.350. The number of hydrogen-bond acceptors (Lipinski definition) is 4. The minimum Gasteiger partial charge on any atom is -0.493 e. The van der Waals surface area contributed by atoms with Gasteiger partial charge in [-0.1, -0.05) is 30.3 Å². The van der Waals surface area contributed by atoms with Crippen molar-refractivity contribution in [3.8, 4) is 5.75 Å². The number of nitrogens with one attached hydrogen (secondary N) is 2. The Labute approximate surface area is 157 Å². The highest BCUT2D eigenvalue weighted by molar-refractivity contribution is 5.81. The molecule has 1 heterocycles. The van der Waals surface area contributed by atoms with E-state index in [1.165, 1.54) is 12.1 Å². The summed E-state index contributed by atoms with van der Waals surface area (Å²) >= 11 is 0. The molecule has 2 aromatic rings. The summed E-state index contributed by atoms with van der Waals surface area (Å²) < 4.78 is 5.73. The Morgan fingerprint density at radius 3 is 2.63 bits per heavy atom. The minimum absolute atomic E-state index is 0.0935. The van der Waals surface area contributed by atoms with Gasteiger partial charge in [0.2, 0.25) is 0 Å². The molecule has 0 saturated heterocycles. The fourth-order valence-electron chi connectivity index (χ4n) is 3.10. The van der Waals surface area contributed by atoms with Gasteiger partial charge in [0, 0.05) is 30.2 Å². The Bertz CT molecular complexity index is 847. The molecule has 1 fully saturated rings. The van der Waals surface area contributed by atoms with Crippen molar-refractivity contribution in [3.05, 3.63) is 69.8 Å². The van der Waals surface area contributed by atoms with Crippen LogP contribution in [0.25, 0.3) is 0 Å². The highest BCUT2D eigenvalue weighted by Gasteiger charge is 2.26. The van der Waals surface area contributed by atoms with Crippen molar-refractivity contribution >= 4 is 11.6 Å². The average molecular weight is 366 g/mol. The fourth-order valence-corrected chi connectivity index (χ4v) is 3.10. The van der Waals surface area contributed by atoms with Crippen LogP contribution in [0.15, 0.2) is 53.5 Å². The molecule has 7 nitrogen and oxygen atoms in total. The Hall–Kier alpha value is -3.09. The van der Waals surface area contributed by atoms with E-state index in [1.807, 2.05) is 18.2 Å². The van der Waals surface area contributed by atoms with E-state index in [9.17, 15) is 10.1 Å². The van der Waals surface area contributed by atoms with Crippen molar-refractivity contribution in [1.82, 2.24) is 10.6 Å². The standard InChI is InChI=1S/C20H22N4O3/c25-24(26)16-9-5-14(6-10-16)13-21-20(22-15-7-8-15)23-18-11-12-27-19-4-2-1-3-17(18)19/h1-6,9-10,15,18H,7-8,11-13H2,(H2,21,22,23). The molecule has 0 amide bonds. The van der Waals surface area contributed by atoms with Crippen LogP contribution in [0.1, 0.15) is 36.4 Å². The summed E-state index contributed by atoms with van der Waals surface area (Å²) in [6.07, 6.45) is 3.19. The maximum absolute atomic E-state index is 10.8. The maximum Gasteiger partial charge on any atom is 0.269 e. The van der Waals surface area contributed by atoms with Crippen LogP contribution < -0.4 is 15.4 Å². The summed E-state index contributed by atoms with van der Waals surface area (Å²) in [5.74, 6) is 1.69. The number of guanidine groups is 1. The second-order valence-corrected chi connectivity index (χ2v) is 6.88. The number of nitrogens with zero attached hydrogens (tertiary/aromatic N) is 2. The van der Waals surface area contributed by atoms with Crippen LogP contribution in [0, 0.1) is 10.1 Å². The lowest BCUT2D eigenvalue weighted by Crippen LogP contribution is -2.42. The first-order valence-corrected chi connectivity index (χ1v) is 9.21. The molecular weight excluding hydrogens is 344 g/mol. The lowest BCUT2D eigenvalue weighted by Gasteiger charge is -2.28. The minimum atomic E-state index is -0.392. The molecule has 7 heteroatoms. The first-order valence-electron chi connectivity index (χ1n) is 9.21. The van der Waals surface area contributed by atoms with E-state index in [2.05, 4.69) is 16.7 Å². The third kappa shape index (κ3) is 4.36. The number of nitro benzene ring substituents is 1. The van der Waals surface area contributed by atoms with Gasteiger partial charge in [0.15, 0.2) is 5.96 Å². The van der Waals surface area contributed by atoms with Crippen molar-refractivity contribution in [2.24, 2.45) is 4.99 Å². The average Bonchev–Trinajstić information content (AvgIpc) is 3.51. The van der Waals surface area contributed by atoms with Gasteiger partial charge in [-0.05, 0) is 24.5 Å². The zero-order chi connectivity index (χ0) is 18.6. The molecule has 2 N–H and O–H groups in total. The topological polar surface area (TPSA) is 88.8 Å². The van der Waals surface area contributed by atoms with E-state index in [4.69, 9.17) is 9.73 Å². The van der Waals surface area contributed by atoms with E-state index in [-0.39, 0.29) is 11.7 Å². The Morgan fingerprint density at radius 1 is 1.11 bits per heavy atom. The van der Waals surface area contributed by atoms with E-state index >= 15 is 0 Å². The Morgan fingerprint density at radius 2 is 1.89 bits per heavy atom. The van der Waals surface area contributed by atoms with E-state index < -0.39 is 4.92 Å². The molecular formula is C20H22N4O3. The molecule has 1 unspecified atom stereocenters. The van der Waals surface area contributed by atoms with Crippen molar-refractivity contribution in [3.63, 3.8) is 0 Å². The van der Waals surface area contributed by atoms with Gasteiger partial charge in [-0.25, -0.2) is 4.99 Å². The second-order valence-electron chi connectivity index (χ2n) is 6.88. The number of rotatable bonds is 5. The van der Waals surface area contributed by atoms with Crippen LogP contribution in [0.2, 0.25) is 0 Å². The Kier molecular flexibility index (Phi) is 4.91. The third-order valence-corrected chi connectivity index (χ3v) is 4.75. The molecule has 0 aromatic heterocycles. The molecule has 2 aromatic carbocycles. The number of para-hydroxylation sites is 1. The normalized spacial score (nSPS) is 19.0. The van der Waals surface area contributed by atoms with Crippen LogP contribution in [0.4, 0.5) is 5.69 Å². The van der Waals surface area contributed by atoms with Gasteiger partial charge in [-0.3, -0.25) is 10.1 Å². The highest BCUT2D eigenvalue weighted by atomic mass is 16.6. The molecule has 1 saturated carbocycles. The van der Waals surface area contributed by atoms with Crippen molar-refractivity contribution in [1.29, 1.82) is 0 Å². The molecule has 0 spiro atoms. The molecule has 0 bridgehead atoms. The van der Waals surface area contributed by atoms with Crippen molar-refractivity contribution in [2.75, 3.05) is 6.61 Å². The van der Waals surface area contributed by atoms with Gasteiger partial charge in [-0.2, -0.15) is 0 Å². The molecule has 140 valence electrons. The predicted octanol–water partition coefficient (Wildman–Crippen LogP) is 3.32. The van der Waals surface area contributed by atoms with Gasteiger partial charge in [0.25, 0.3) is 5.69 Å².